The molecule has 1 fully saturated rings. The Kier molecular flexibility index (Phi) is 8.35. The first-order chi connectivity index (χ1) is 14.2. The molecule has 0 aromatic heterocycles. The van der Waals surface area contributed by atoms with Crippen LogP contribution in [0.1, 0.15) is 63.2 Å². The van der Waals surface area contributed by atoms with Crippen LogP contribution in [0, 0.1) is 17.3 Å². The Bertz CT molecular complexity index is 767. The maximum atomic E-state index is 12.7. The minimum absolute atomic E-state index is 0.0560. The number of rotatable bonds is 10. The molecule has 2 N–H and O–H groups in total. The van der Waals surface area contributed by atoms with Gasteiger partial charge in [0.15, 0.2) is 5.78 Å². The molecule has 2 rings (SSSR count). The molecular formula is C24H32O6. The predicted octanol–water partition coefficient (Wildman–Crippen LogP) is 4.03. The molecule has 0 heterocycles. The summed E-state index contributed by atoms with van der Waals surface area (Å²) in [5, 5.41) is 19.7. The van der Waals surface area contributed by atoms with Crippen molar-refractivity contribution in [2.75, 3.05) is 0 Å². The van der Waals surface area contributed by atoms with Crippen LogP contribution in [-0.2, 0) is 14.3 Å². The van der Waals surface area contributed by atoms with Crippen LogP contribution in [0.25, 0.3) is 0 Å². The number of hydrogen-bond donors (Lipinski definition) is 2. The molecule has 0 saturated heterocycles. The number of carboxylic acid groups (broad SMARTS) is 1. The predicted molar refractivity (Wildman–Crippen MR) is 113 cm³/mol. The van der Waals surface area contributed by atoms with E-state index in [1.165, 1.54) is 6.08 Å². The summed E-state index contributed by atoms with van der Waals surface area (Å²) in [5.74, 6) is -2.80. The molecule has 1 aliphatic rings. The lowest BCUT2D eigenvalue weighted by atomic mass is 9.81. The van der Waals surface area contributed by atoms with E-state index in [9.17, 15) is 24.6 Å². The Morgan fingerprint density at radius 3 is 2.47 bits per heavy atom. The number of benzene rings is 1. The van der Waals surface area contributed by atoms with Crippen LogP contribution in [0.4, 0.5) is 0 Å². The van der Waals surface area contributed by atoms with Crippen LogP contribution >= 0.6 is 0 Å². The number of aliphatic hydroxyl groups excluding tert-OH is 1. The number of unbranched alkanes of at least 4 members (excludes halogenated alkanes) is 1. The average molecular weight is 417 g/mol. The number of carbonyl (C=O) groups excluding carboxylic acids is 2. The van der Waals surface area contributed by atoms with E-state index in [1.54, 1.807) is 36.4 Å². The number of carboxylic acids is 1. The van der Waals surface area contributed by atoms with Gasteiger partial charge in [0.05, 0.1) is 18.1 Å². The first-order valence-electron chi connectivity index (χ1n) is 10.5. The van der Waals surface area contributed by atoms with Crippen molar-refractivity contribution >= 4 is 17.7 Å². The van der Waals surface area contributed by atoms with Crippen LogP contribution in [0.3, 0.4) is 0 Å². The Morgan fingerprint density at radius 1 is 1.20 bits per heavy atom. The maximum absolute atomic E-state index is 12.7. The number of ether oxygens (including phenoxy) is 1. The summed E-state index contributed by atoms with van der Waals surface area (Å²) in [6, 6.07) is 8.50. The van der Waals surface area contributed by atoms with Crippen LogP contribution in [-0.4, -0.2) is 40.1 Å². The summed E-state index contributed by atoms with van der Waals surface area (Å²) >= 11 is 0. The zero-order valence-electron chi connectivity index (χ0n) is 17.9. The number of esters is 1. The second-order valence-corrected chi connectivity index (χ2v) is 8.66. The number of aliphatic carboxylic acids is 1. The molecule has 4 atom stereocenters. The van der Waals surface area contributed by atoms with E-state index in [0.29, 0.717) is 5.56 Å². The number of hydrogen-bond acceptors (Lipinski definition) is 5. The number of aliphatic hydroxyl groups is 1. The summed E-state index contributed by atoms with van der Waals surface area (Å²) in [4.78, 5) is 36.5. The highest BCUT2D eigenvalue weighted by atomic mass is 16.5. The average Bonchev–Trinajstić information content (AvgIpc) is 2.98. The minimum atomic E-state index is -1.04. The third kappa shape index (κ3) is 6.26. The molecule has 1 aromatic carbocycles. The highest BCUT2D eigenvalue weighted by Crippen LogP contribution is 2.38. The monoisotopic (exact) mass is 416 g/mol. The van der Waals surface area contributed by atoms with Crippen molar-refractivity contribution in [1.29, 1.82) is 0 Å². The summed E-state index contributed by atoms with van der Waals surface area (Å²) in [7, 11) is 0. The fourth-order valence-electron chi connectivity index (χ4n) is 3.92. The molecule has 0 unspecified atom stereocenters. The van der Waals surface area contributed by atoms with Crippen molar-refractivity contribution in [1.82, 2.24) is 0 Å². The van der Waals surface area contributed by atoms with Crippen molar-refractivity contribution in [3.05, 3.63) is 48.0 Å². The highest BCUT2D eigenvalue weighted by Gasteiger charge is 2.44. The first kappa shape index (κ1) is 23.8. The lowest BCUT2D eigenvalue weighted by Crippen LogP contribution is -2.27. The molecule has 30 heavy (non-hydrogen) atoms. The van der Waals surface area contributed by atoms with Gasteiger partial charge in [0.2, 0.25) is 0 Å². The number of carbonyl (C=O) groups is 3. The van der Waals surface area contributed by atoms with Gasteiger partial charge in [0.1, 0.15) is 6.10 Å². The van der Waals surface area contributed by atoms with Gasteiger partial charge in [-0.25, -0.2) is 4.79 Å². The minimum Gasteiger partial charge on any atom is -0.481 e. The number of ketones is 1. The van der Waals surface area contributed by atoms with Gasteiger partial charge in [-0.3, -0.25) is 9.59 Å². The topological polar surface area (TPSA) is 101 Å². The van der Waals surface area contributed by atoms with Crippen LogP contribution in [0.15, 0.2) is 42.5 Å². The van der Waals surface area contributed by atoms with E-state index in [2.05, 4.69) is 6.92 Å². The SMILES string of the molecule is CCCCC(C)(C)C(=O)C=C[C@@H]1[C@@H](CC(=O)O)[C@@H](O)C[C@H]1OC(=O)c1ccccc1. The van der Waals surface area contributed by atoms with Crippen molar-refractivity contribution in [2.24, 2.45) is 17.3 Å². The molecule has 0 amide bonds. The standard InChI is InChI=1S/C24H32O6/c1-4-5-13-24(2,3)21(26)12-11-17-18(14-22(27)28)19(25)15-20(17)30-23(29)16-9-7-6-8-10-16/h6-12,17-20,25H,4-5,13-15H2,1-3H3,(H,27,28)/t17-,18-,19+,20-/m1/s1. The van der Waals surface area contributed by atoms with Gasteiger partial charge in [0.25, 0.3) is 0 Å². The Morgan fingerprint density at radius 2 is 1.87 bits per heavy atom. The molecule has 1 aromatic rings. The van der Waals surface area contributed by atoms with Crippen LogP contribution < -0.4 is 0 Å². The van der Waals surface area contributed by atoms with E-state index in [4.69, 9.17) is 4.74 Å². The second kappa shape index (κ2) is 10.5. The molecule has 1 aliphatic carbocycles. The molecule has 0 aliphatic heterocycles. The smallest absolute Gasteiger partial charge is 0.338 e. The molecule has 0 bridgehead atoms. The zero-order valence-corrected chi connectivity index (χ0v) is 17.9. The number of allylic oxidation sites excluding steroid dienone is 1. The Hall–Kier alpha value is -2.47. The third-order valence-electron chi connectivity index (χ3n) is 5.86. The Labute approximate surface area is 177 Å². The summed E-state index contributed by atoms with van der Waals surface area (Å²) < 4.78 is 5.62. The van der Waals surface area contributed by atoms with Gasteiger partial charge in [-0.2, -0.15) is 0 Å². The van der Waals surface area contributed by atoms with Crippen molar-refractivity contribution in [3.8, 4) is 0 Å². The van der Waals surface area contributed by atoms with Crippen molar-refractivity contribution in [3.63, 3.8) is 0 Å². The molecule has 0 spiro atoms. The summed E-state index contributed by atoms with van der Waals surface area (Å²) in [6.07, 6.45) is 4.04. The molecule has 6 heteroatoms. The second-order valence-electron chi connectivity index (χ2n) is 8.66. The van der Waals surface area contributed by atoms with Crippen LogP contribution in [0.5, 0.6) is 0 Å². The van der Waals surface area contributed by atoms with Gasteiger partial charge in [-0.05, 0) is 24.6 Å². The zero-order chi connectivity index (χ0) is 22.3. The molecule has 164 valence electrons. The van der Waals surface area contributed by atoms with Gasteiger partial charge in [-0.15, -0.1) is 0 Å². The lowest BCUT2D eigenvalue weighted by Gasteiger charge is -2.23. The highest BCUT2D eigenvalue weighted by molar-refractivity contribution is 5.94. The largest absolute Gasteiger partial charge is 0.481 e. The van der Waals surface area contributed by atoms with Crippen molar-refractivity contribution < 1.29 is 29.3 Å². The summed E-state index contributed by atoms with van der Waals surface area (Å²) in [5.41, 5.74) is -0.143. The van der Waals surface area contributed by atoms with E-state index < -0.39 is 41.4 Å². The quantitative estimate of drug-likeness (QED) is 0.441. The Balaban J connectivity index is 2.20. The van der Waals surface area contributed by atoms with Gasteiger partial charge < -0.3 is 14.9 Å². The van der Waals surface area contributed by atoms with Gasteiger partial charge in [-0.1, -0.05) is 57.9 Å². The van der Waals surface area contributed by atoms with E-state index in [0.717, 1.165) is 19.3 Å². The van der Waals surface area contributed by atoms with E-state index >= 15 is 0 Å². The molecule has 0 radical (unpaired) electrons. The fraction of sp³-hybridized carbons (Fsp3) is 0.542. The third-order valence-corrected chi connectivity index (χ3v) is 5.86. The van der Waals surface area contributed by atoms with Gasteiger partial charge in [0, 0.05) is 23.7 Å². The molecule has 1 saturated carbocycles. The van der Waals surface area contributed by atoms with Gasteiger partial charge >= 0.3 is 11.9 Å². The normalized spacial score (nSPS) is 24.1. The fourth-order valence-corrected chi connectivity index (χ4v) is 3.92. The summed E-state index contributed by atoms with van der Waals surface area (Å²) in [6.45, 7) is 5.85. The van der Waals surface area contributed by atoms with Crippen molar-refractivity contribution in [2.45, 2.75) is 65.1 Å². The molecular weight excluding hydrogens is 384 g/mol. The maximum Gasteiger partial charge on any atom is 0.338 e. The van der Waals surface area contributed by atoms with Crippen LogP contribution in [0.2, 0.25) is 0 Å². The first-order valence-corrected chi connectivity index (χ1v) is 10.5. The lowest BCUT2D eigenvalue weighted by molar-refractivity contribution is -0.139. The van der Waals surface area contributed by atoms with E-state index in [1.807, 2.05) is 13.8 Å². The van der Waals surface area contributed by atoms with E-state index in [-0.39, 0.29) is 18.6 Å². The molecule has 6 nitrogen and oxygen atoms in total.